The van der Waals surface area contributed by atoms with Crippen LogP contribution in [0.25, 0.3) is 0 Å². The normalized spacial score (nSPS) is 18.0. The lowest BCUT2D eigenvalue weighted by Gasteiger charge is -2.24. The molecule has 0 spiro atoms. The standard InChI is InChI=1S/C22H24ClN3O2/c23-19-13-17(12-18-15-24-10-11-27-18)6-7-20(19)28-21(22-25-8-9-26-22)14-16-4-2-1-3-5-16/h1-9,13,18,21,24H,10-12,14-15H2,(H,25,26). The minimum Gasteiger partial charge on any atom is -0.481 e. The maximum absolute atomic E-state index is 6.54. The summed E-state index contributed by atoms with van der Waals surface area (Å²) in [6.07, 6.45) is 5.02. The van der Waals surface area contributed by atoms with Gasteiger partial charge in [0.15, 0.2) is 6.10 Å². The van der Waals surface area contributed by atoms with Crippen molar-refractivity contribution >= 4 is 11.6 Å². The van der Waals surface area contributed by atoms with Gasteiger partial charge in [0, 0.05) is 31.9 Å². The van der Waals surface area contributed by atoms with E-state index in [-0.39, 0.29) is 12.2 Å². The third kappa shape index (κ3) is 4.93. The monoisotopic (exact) mass is 397 g/mol. The summed E-state index contributed by atoms with van der Waals surface area (Å²) in [5, 5.41) is 3.96. The molecule has 0 bridgehead atoms. The van der Waals surface area contributed by atoms with E-state index in [0.29, 0.717) is 17.2 Å². The number of imidazole rings is 1. The van der Waals surface area contributed by atoms with Crippen LogP contribution in [0.4, 0.5) is 0 Å². The summed E-state index contributed by atoms with van der Waals surface area (Å²) in [6.45, 7) is 2.54. The highest BCUT2D eigenvalue weighted by molar-refractivity contribution is 6.32. The molecule has 0 aliphatic carbocycles. The molecule has 0 amide bonds. The molecule has 4 rings (SSSR count). The minimum atomic E-state index is -0.244. The molecular formula is C22H24ClN3O2. The maximum atomic E-state index is 6.54. The zero-order valence-electron chi connectivity index (χ0n) is 15.6. The molecule has 0 saturated carbocycles. The van der Waals surface area contributed by atoms with Gasteiger partial charge in [0.05, 0.1) is 17.7 Å². The first-order valence-electron chi connectivity index (χ1n) is 9.58. The molecule has 6 heteroatoms. The highest BCUT2D eigenvalue weighted by Crippen LogP contribution is 2.31. The number of benzene rings is 2. The second-order valence-corrected chi connectivity index (χ2v) is 7.34. The maximum Gasteiger partial charge on any atom is 0.160 e. The van der Waals surface area contributed by atoms with Gasteiger partial charge in [-0.25, -0.2) is 4.98 Å². The summed E-state index contributed by atoms with van der Waals surface area (Å²) in [5.41, 5.74) is 2.32. The van der Waals surface area contributed by atoms with E-state index in [1.165, 1.54) is 5.56 Å². The number of aromatic nitrogens is 2. The minimum absolute atomic E-state index is 0.186. The van der Waals surface area contributed by atoms with Crippen LogP contribution in [0.5, 0.6) is 5.75 Å². The molecule has 5 nitrogen and oxygen atoms in total. The number of aromatic amines is 1. The van der Waals surface area contributed by atoms with Gasteiger partial charge in [-0.15, -0.1) is 0 Å². The second-order valence-electron chi connectivity index (χ2n) is 6.94. The fraction of sp³-hybridized carbons (Fsp3) is 0.318. The van der Waals surface area contributed by atoms with Crippen molar-refractivity contribution < 1.29 is 9.47 Å². The van der Waals surface area contributed by atoms with Crippen molar-refractivity contribution in [3.63, 3.8) is 0 Å². The zero-order chi connectivity index (χ0) is 19.2. The summed E-state index contributed by atoms with van der Waals surface area (Å²) in [6, 6.07) is 16.2. The van der Waals surface area contributed by atoms with E-state index < -0.39 is 0 Å². The molecule has 2 atom stereocenters. The Bertz CT molecular complexity index is 865. The molecule has 0 radical (unpaired) electrons. The first-order valence-corrected chi connectivity index (χ1v) is 9.96. The van der Waals surface area contributed by atoms with E-state index in [9.17, 15) is 0 Å². The quantitative estimate of drug-likeness (QED) is 0.633. The van der Waals surface area contributed by atoms with Gasteiger partial charge in [0.1, 0.15) is 11.6 Å². The number of hydrogen-bond acceptors (Lipinski definition) is 4. The largest absolute Gasteiger partial charge is 0.481 e. The molecule has 2 unspecified atom stereocenters. The Morgan fingerprint density at radius 3 is 2.79 bits per heavy atom. The van der Waals surface area contributed by atoms with Gasteiger partial charge < -0.3 is 19.8 Å². The van der Waals surface area contributed by atoms with Gasteiger partial charge in [-0.3, -0.25) is 0 Å². The van der Waals surface area contributed by atoms with Gasteiger partial charge in [0.2, 0.25) is 0 Å². The average Bonchev–Trinajstić information content (AvgIpc) is 3.26. The van der Waals surface area contributed by atoms with Crippen LogP contribution < -0.4 is 10.1 Å². The molecular weight excluding hydrogens is 374 g/mol. The topological polar surface area (TPSA) is 59.2 Å². The first-order chi connectivity index (χ1) is 13.8. The van der Waals surface area contributed by atoms with Crippen molar-refractivity contribution in [1.29, 1.82) is 0 Å². The number of morpholine rings is 1. The highest BCUT2D eigenvalue weighted by Gasteiger charge is 2.19. The van der Waals surface area contributed by atoms with Gasteiger partial charge in [-0.05, 0) is 29.7 Å². The van der Waals surface area contributed by atoms with Gasteiger partial charge >= 0.3 is 0 Å². The van der Waals surface area contributed by atoms with Crippen LogP contribution in [0.15, 0.2) is 60.9 Å². The van der Waals surface area contributed by atoms with Crippen LogP contribution in [-0.4, -0.2) is 35.8 Å². The van der Waals surface area contributed by atoms with Crippen LogP contribution >= 0.6 is 11.6 Å². The summed E-state index contributed by atoms with van der Waals surface area (Å²) < 4.78 is 12.1. The Morgan fingerprint density at radius 1 is 1.18 bits per heavy atom. The molecule has 2 N–H and O–H groups in total. The molecule has 3 aromatic rings. The average molecular weight is 398 g/mol. The van der Waals surface area contributed by atoms with Crippen molar-refractivity contribution in [2.24, 2.45) is 0 Å². The Morgan fingerprint density at radius 2 is 2.07 bits per heavy atom. The van der Waals surface area contributed by atoms with Crippen molar-refractivity contribution in [1.82, 2.24) is 15.3 Å². The fourth-order valence-electron chi connectivity index (χ4n) is 3.41. The predicted octanol–water partition coefficient (Wildman–Crippen LogP) is 3.96. The third-order valence-electron chi connectivity index (χ3n) is 4.82. The van der Waals surface area contributed by atoms with Crippen LogP contribution in [0.1, 0.15) is 23.1 Å². The Kier molecular flexibility index (Phi) is 6.27. The molecule has 1 aliphatic heterocycles. The lowest BCUT2D eigenvalue weighted by atomic mass is 10.1. The summed E-state index contributed by atoms with van der Waals surface area (Å²) >= 11 is 6.54. The van der Waals surface area contributed by atoms with Crippen molar-refractivity contribution in [2.75, 3.05) is 19.7 Å². The zero-order valence-corrected chi connectivity index (χ0v) is 16.4. The Labute approximate surface area is 170 Å². The van der Waals surface area contributed by atoms with Crippen molar-refractivity contribution in [3.8, 4) is 5.75 Å². The van der Waals surface area contributed by atoms with E-state index in [1.807, 2.05) is 30.3 Å². The number of hydrogen-bond donors (Lipinski definition) is 2. The molecule has 146 valence electrons. The Balaban J connectivity index is 1.48. The third-order valence-corrected chi connectivity index (χ3v) is 5.12. The van der Waals surface area contributed by atoms with E-state index >= 15 is 0 Å². The first kappa shape index (κ1) is 19.0. The molecule has 1 saturated heterocycles. The number of nitrogens with one attached hydrogen (secondary N) is 2. The van der Waals surface area contributed by atoms with Crippen molar-refractivity contribution in [3.05, 3.63) is 82.9 Å². The number of nitrogens with zero attached hydrogens (tertiary/aromatic N) is 1. The molecule has 1 fully saturated rings. The number of halogens is 1. The Hall–Kier alpha value is -2.34. The summed E-state index contributed by atoms with van der Waals surface area (Å²) in [7, 11) is 0. The van der Waals surface area contributed by atoms with E-state index in [4.69, 9.17) is 21.1 Å². The van der Waals surface area contributed by atoms with Crippen LogP contribution in [-0.2, 0) is 17.6 Å². The lowest BCUT2D eigenvalue weighted by molar-refractivity contribution is 0.0292. The van der Waals surface area contributed by atoms with Crippen LogP contribution in [0.2, 0.25) is 5.02 Å². The smallest absolute Gasteiger partial charge is 0.160 e. The van der Waals surface area contributed by atoms with Gasteiger partial charge in [0.25, 0.3) is 0 Å². The molecule has 28 heavy (non-hydrogen) atoms. The van der Waals surface area contributed by atoms with Gasteiger partial charge in [-0.2, -0.15) is 0 Å². The molecule has 1 aromatic heterocycles. The van der Waals surface area contributed by atoms with Crippen molar-refractivity contribution in [2.45, 2.75) is 25.0 Å². The number of ether oxygens (including phenoxy) is 2. The number of rotatable bonds is 7. The van der Waals surface area contributed by atoms with Crippen LogP contribution in [0, 0.1) is 0 Å². The van der Waals surface area contributed by atoms with E-state index in [1.54, 1.807) is 12.4 Å². The van der Waals surface area contributed by atoms with E-state index in [2.05, 4.69) is 33.5 Å². The van der Waals surface area contributed by atoms with Gasteiger partial charge in [-0.1, -0.05) is 48.0 Å². The number of H-pyrrole nitrogens is 1. The molecule has 2 heterocycles. The van der Waals surface area contributed by atoms with Crippen LogP contribution in [0.3, 0.4) is 0 Å². The predicted molar refractivity (Wildman–Crippen MR) is 110 cm³/mol. The molecule has 1 aliphatic rings. The summed E-state index contributed by atoms with van der Waals surface area (Å²) in [4.78, 5) is 7.55. The highest BCUT2D eigenvalue weighted by atomic mass is 35.5. The molecule has 2 aromatic carbocycles. The SMILES string of the molecule is Clc1cc(CC2CNCCO2)ccc1OC(Cc1ccccc1)c1ncc[nH]1. The fourth-order valence-corrected chi connectivity index (χ4v) is 3.66. The lowest BCUT2D eigenvalue weighted by Crippen LogP contribution is -2.39. The summed E-state index contributed by atoms with van der Waals surface area (Å²) in [5.74, 6) is 1.44. The second kappa shape index (κ2) is 9.24. The van der Waals surface area contributed by atoms with E-state index in [0.717, 1.165) is 37.5 Å².